The molecular weight excluding hydrogens is 685 g/mol. The number of ketones is 1. The minimum atomic E-state index is -4.34. The lowest BCUT2D eigenvalue weighted by molar-refractivity contribution is 0.101. The van der Waals surface area contributed by atoms with Crippen molar-refractivity contribution < 1.29 is 22.2 Å². The first-order chi connectivity index (χ1) is 23.7. The van der Waals surface area contributed by atoms with E-state index in [0.717, 1.165) is 35.7 Å². The molecule has 0 unspecified atom stereocenters. The number of nitrogens with two attached hydrogens (primary N) is 2. The second-order valence-corrected chi connectivity index (χ2v) is 15.3. The Labute approximate surface area is 296 Å². The van der Waals surface area contributed by atoms with E-state index in [-0.39, 0.29) is 55.1 Å². The van der Waals surface area contributed by atoms with E-state index in [4.69, 9.17) is 20.6 Å². The lowest BCUT2D eigenvalue weighted by Gasteiger charge is -2.35. The number of nitrogens with one attached hydrogen (secondary N) is 1. The molecule has 0 radical (unpaired) electrons. The molecule has 3 aromatic heterocycles. The summed E-state index contributed by atoms with van der Waals surface area (Å²) in [5.74, 6) is 1.16. The Morgan fingerprint density at radius 3 is 2.42 bits per heavy atom. The fourth-order valence-corrected chi connectivity index (χ4v) is 8.05. The van der Waals surface area contributed by atoms with Gasteiger partial charge in [0.1, 0.15) is 11.5 Å². The molecule has 0 spiro atoms. The Balaban J connectivity index is 1.22. The molecule has 2 fully saturated rings. The maximum absolute atomic E-state index is 13.5. The van der Waals surface area contributed by atoms with Gasteiger partial charge in [-0.15, -0.1) is 0 Å². The molecule has 16 nitrogen and oxygen atoms in total. The zero-order valence-corrected chi connectivity index (χ0v) is 30.6. The number of hydrogen-bond acceptors (Lipinski definition) is 14. The smallest absolute Gasteiger partial charge is 0.368 e. The highest BCUT2D eigenvalue weighted by atomic mass is 32.2. The van der Waals surface area contributed by atoms with Crippen LogP contribution >= 0.6 is 11.8 Å². The number of piperazine rings is 1. The van der Waals surface area contributed by atoms with Crippen LogP contribution in [0.1, 0.15) is 67.9 Å². The zero-order valence-electron chi connectivity index (χ0n) is 28.9. The summed E-state index contributed by atoms with van der Waals surface area (Å²) in [5.41, 5.74) is 12.8. The van der Waals surface area contributed by atoms with Gasteiger partial charge < -0.3 is 30.8 Å². The van der Waals surface area contributed by atoms with Crippen molar-refractivity contribution >= 4 is 62.4 Å². The summed E-state index contributed by atoms with van der Waals surface area (Å²) in [6, 6.07) is 3.57. The van der Waals surface area contributed by atoms with Crippen LogP contribution in [0.2, 0.25) is 0 Å². The fourth-order valence-electron chi connectivity index (χ4n) is 6.47. The summed E-state index contributed by atoms with van der Waals surface area (Å²) in [7, 11) is -4.34. The zero-order chi connectivity index (χ0) is 36.2. The van der Waals surface area contributed by atoms with Gasteiger partial charge >= 0.3 is 16.4 Å². The molecule has 5 N–H and O–H groups in total. The van der Waals surface area contributed by atoms with E-state index < -0.39 is 22.1 Å². The maximum Gasteiger partial charge on any atom is 0.426 e. The molecule has 18 heteroatoms. The molecule has 3 aromatic rings. The number of carbonyl (C=O) groups excluding carboxylic acids is 2. The minimum Gasteiger partial charge on any atom is -0.368 e. The number of likely N-dealkylation sites (N-methyl/N-ethyl adjacent to an activating group) is 1. The van der Waals surface area contributed by atoms with Gasteiger partial charge in [-0.25, -0.2) is 14.8 Å². The molecule has 1 aliphatic carbocycles. The third-order valence-electron chi connectivity index (χ3n) is 9.23. The first-order valence-electron chi connectivity index (χ1n) is 16.7. The van der Waals surface area contributed by atoms with Crippen molar-refractivity contribution in [2.24, 2.45) is 11.5 Å². The number of amides is 1. The number of rotatable bonds is 13. The molecule has 4 heterocycles. The normalized spacial score (nSPS) is 16.2. The number of aromatic nitrogens is 4. The number of anilines is 3. The topological polar surface area (TPSA) is 212 Å². The number of carbonyl (C=O) groups is 2. The number of fused-ring (bicyclic) bond motifs is 1. The SMILES string of the molecule is CCN(CC(N)(N)CCSC)C(=O)OS(=O)(=O)N1CCN(c2ccc(Nc3ncc4c(C)c(C(C)=O)c(=O)n(C5CCCC5)c4n3)nc2)CC1. The van der Waals surface area contributed by atoms with Crippen molar-refractivity contribution in [3.63, 3.8) is 0 Å². The van der Waals surface area contributed by atoms with Gasteiger partial charge in [-0.2, -0.15) is 29.5 Å². The quantitative estimate of drug-likeness (QED) is 0.171. The van der Waals surface area contributed by atoms with Crippen LogP contribution in [0.5, 0.6) is 0 Å². The van der Waals surface area contributed by atoms with E-state index in [1.165, 1.54) is 11.8 Å². The average molecular weight is 731 g/mol. The molecule has 0 bridgehead atoms. The standard InChI is InChI=1S/C32H46N10O6S2/c1-5-39(20-32(33,34)12-17-49-4)31(45)48-50(46,47)41-15-13-40(14-16-41)24-10-11-26(35-18-24)37-30-36-19-25-21(2)27(22(3)43)29(44)42(28(25)38-30)23-8-6-7-9-23/h10-11,18-19,23H,5-9,12-17,20,33-34H2,1-4H3,(H,35,36,37,38). The highest BCUT2D eigenvalue weighted by molar-refractivity contribution is 7.98. The predicted molar refractivity (Wildman–Crippen MR) is 194 cm³/mol. The highest BCUT2D eigenvalue weighted by Crippen LogP contribution is 2.32. The average Bonchev–Trinajstić information content (AvgIpc) is 3.61. The van der Waals surface area contributed by atoms with Gasteiger partial charge in [0.15, 0.2) is 5.78 Å². The summed E-state index contributed by atoms with van der Waals surface area (Å²) in [5, 5.41) is 3.77. The predicted octanol–water partition coefficient (Wildman–Crippen LogP) is 2.75. The van der Waals surface area contributed by atoms with Gasteiger partial charge in [-0.3, -0.25) is 14.2 Å². The van der Waals surface area contributed by atoms with Gasteiger partial charge in [-0.05, 0) is 69.7 Å². The molecule has 50 heavy (non-hydrogen) atoms. The van der Waals surface area contributed by atoms with E-state index in [1.807, 2.05) is 17.2 Å². The monoisotopic (exact) mass is 730 g/mol. The Kier molecular flexibility index (Phi) is 11.7. The van der Waals surface area contributed by atoms with Crippen molar-refractivity contribution in [3.05, 3.63) is 46.0 Å². The van der Waals surface area contributed by atoms with Gasteiger partial charge in [0.2, 0.25) is 5.95 Å². The van der Waals surface area contributed by atoms with Crippen LogP contribution in [0.25, 0.3) is 11.0 Å². The Morgan fingerprint density at radius 1 is 1.12 bits per heavy atom. The third kappa shape index (κ3) is 8.37. The molecular formula is C32H46N10O6S2. The van der Waals surface area contributed by atoms with Crippen LogP contribution in [0, 0.1) is 6.92 Å². The first-order valence-corrected chi connectivity index (χ1v) is 19.5. The van der Waals surface area contributed by atoms with E-state index in [1.54, 1.807) is 48.6 Å². The number of thioether (sulfide) groups is 1. The fraction of sp³-hybridized carbons (Fsp3) is 0.562. The Hall–Kier alpha value is -3.84. The number of hydrogen-bond donors (Lipinski definition) is 3. The van der Waals surface area contributed by atoms with E-state index in [9.17, 15) is 22.8 Å². The number of nitrogens with zero attached hydrogens (tertiary/aromatic N) is 7. The number of pyridine rings is 2. The summed E-state index contributed by atoms with van der Waals surface area (Å²) in [6.07, 6.45) is 8.35. The van der Waals surface area contributed by atoms with Gasteiger partial charge in [0.05, 0.1) is 29.7 Å². The van der Waals surface area contributed by atoms with E-state index >= 15 is 0 Å². The van der Waals surface area contributed by atoms with E-state index in [2.05, 4.69) is 15.3 Å². The molecule has 0 atom stereocenters. The molecule has 5 rings (SSSR count). The minimum absolute atomic E-state index is 0.0327. The Bertz CT molecular complexity index is 1870. The van der Waals surface area contributed by atoms with Crippen LogP contribution in [-0.2, 0) is 14.5 Å². The number of aryl methyl sites for hydroxylation is 1. The van der Waals surface area contributed by atoms with Gasteiger partial charge in [0, 0.05) is 50.3 Å². The first kappa shape index (κ1) is 37.4. The molecule has 1 saturated carbocycles. The largest absolute Gasteiger partial charge is 0.426 e. The van der Waals surface area contributed by atoms with Crippen LogP contribution in [0.4, 0.5) is 22.2 Å². The van der Waals surface area contributed by atoms with Crippen LogP contribution in [0.3, 0.4) is 0 Å². The third-order valence-corrected chi connectivity index (χ3v) is 11.2. The molecule has 272 valence electrons. The van der Waals surface area contributed by atoms with Crippen molar-refractivity contribution in [1.29, 1.82) is 0 Å². The van der Waals surface area contributed by atoms with Crippen LogP contribution < -0.4 is 27.2 Å². The van der Waals surface area contributed by atoms with E-state index in [0.29, 0.717) is 47.7 Å². The second kappa shape index (κ2) is 15.6. The lowest BCUT2D eigenvalue weighted by Crippen LogP contribution is -2.59. The molecule has 2 aliphatic rings. The summed E-state index contributed by atoms with van der Waals surface area (Å²) < 4.78 is 33.7. The molecule has 1 saturated heterocycles. The molecule has 1 aliphatic heterocycles. The maximum atomic E-state index is 13.5. The van der Waals surface area contributed by atoms with Crippen molar-refractivity contribution in [3.8, 4) is 0 Å². The second-order valence-electron chi connectivity index (χ2n) is 12.8. The van der Waals surface area contributed by atoms with Crippen LogP contribution in [0.15, 0.2) is 29.3 Å². The van der Waals surface area contributed by atoms with Crippen molar-refractivity contribution in [2.75, 3.05) is 61.5 Å². The van der Waals surface area contributed by atoms with Gasteiger partial charge in [-0.1, -0.05) is 12.8 Å². The van der Waals surface area contributed by atoms with Crippen molar-refractivity contribution in [2.45, 2.75) is 64.6 Å². The number of Topliss-reactive ketones (excluding diaryl/α,β-unsaturated/α-hetero) is 1. The summed E-state index contributed by atoms with van der Waals surface area (Å²) >= 11 is 1.57. The highest BCUT2D eigenvalue weighted by Gasteiger charge is 2.34. The van der Waals surface area contributed by atoms with Gasteiger partial charge in [0.25, 0.3) is 5.56 Å². The van der Waals surface area contributed by atoms with Crippen LogP contribution in [-0.4, -0.2) is 106 Å². The Morgan fingerprint density at radius 2 is 1.82 bits per heavy atom. The lowest BCUT2D eigenvalue weighted by atomic mass is 10.0. The van der Waals surface area contributed by atoms with Crippen molar-refractivity contribution in [1.82, 2.24) is 28.7 Å². The molecule has 0 aromatic carbocycles. The summed E-state index contributed by atoms with van der Waals surface area (Å²) in [4.78, 5) is 55.5. The molecule has 1 amide bonds. The summed E-state index contributed by atoms with van der Waals surface area (Å²) in [6.45, 7) is 5.90.